The third-order valence-electron chi connectivity index (χ3n) is 3.13. The highest BCUT2D eigenvalue weighted by Gasteiger charge is 2.21. The average molecular weight is 289 g/mol. The molecule has 1 saturated carbocycles. The molecule has 5 nitrogen and oxygen atoms in total. The number of carboxylic acid groups (broad SMARTS) is 1. The lowest BCUT2D eigenvalue weighted by Gasteiger charge is -2.24. The molecule has 1 aromatic heterocycles. The fourth-order valence-electron chi connectivity index (χ4n) is 1.83. The predicted octanol–water partition coefficient (Wildman–Crippen LogP) is 1.91. The summed E-state index contributed by atoms with van der Waals surface area (Å²) in [6, 6.07) is 2.65. The molecule has 1 fully saturated rings. The van der Waals surface area contributed by atoms with E-state index in [0.29, 0.717) is 12.5 Å². The molecular weight excluding hydrogens is 274 g/mol. The molecular formula is C11H15NO4S2. The molecule has 7 heteroatoms. The van der Waals surface area contributed by atoms with Crippen LogP contribution in [0.25, 0.3) is 0 Å². The molecule has 0 unspecified atom stereocenters. The van der Waals surface area contributed by atoms with Crippen LogP contribution >= 0.6 is 11.3 Å². The maximum Gasteiger partial charge on any atom is 0.345 e. The molecule has 0 saturated heterocycles. The van der Waals surface area contributed by atoms with Crippen molar-refractivity contribution in [3.8, 4) is 0 Å². The fraction of sp³-hybridized carbons (Fsp3) is 0.545. The predicted molar refractivity (Wildman–Crippen MR) is 68.4 cm³/mol. The van der Waals surface area contributed by atoms with E-state index in [4.69, 9.17) is 5.11 Å². The molecule has 1 aromatic rings. The third-order valence-corrected chi connectivity index (χ3v) is 6.15. The van der Waals surface area contributed by atoms with Crippen LogP contribution in [0, 0.1) is 5.92 Å². The standard InChI is InChI=1S/C11H15NO4S2/c13-11(14)9-4-5-10(17-9)18(15,16)12-7-6-8-2-1-3-8/h4-5,8,12H,1-3,6-7H2,(H,13,14). The molecule has 0 bridgehead atoms. The maximum atomic E-state index is 11.9. The van der Waals surface area contributed by atoms with Crippen molar-refractivity contribution in [2.75, 3.05) is 6.54 Å². The van der Waals surface area contributed by atoms with Gasteiger partial charge in [-0.25, -0.2) is 17.9 Å². The lowest BCUT2D eigenvalue weighted by Crippen LogP contribution is -2.27. The summed E-state index contributed by atoms with van der Waals surface area (Å²) in [6.45, 7) is 0.424. The molecule has 0 amide bonds. The van der Waals surface area contributed by atoms with Gasteiger partial charge in [0.1, 0.15) is 9.09 Å². The van der Waals surface area contributed by atoms with E-state index in [2.05, 4.69) is 4.72 Å². The van der Waals surface area contributed by atoms with E-state index in [1.54, 1.807) is 0 Å². The van der Waals surface area contributed by atoms with E-state index in [0.717, 1.165) is 17.8 Å². The summed E-state index contributed by atoms with van der Waals surface area (Å²) in [5.41, 5.74) is 0. The van der Waals surface area contributed by atoms with Gasteiger partial charge >= 0.3 is 5.97 Å². The molecule has 0 radical (unpaired) electrons. The molecule has 1 aliphatic rings. The zero-order valence-electron chi connectivity index (χ0n) is 9.76. The minimum atomic E-state index is -3.55. The van der Waals surface area contributed by atoms with Gasteiger partial charge in [0.2, 0.25) is 10.0 Å². The smallest absolute Gasteiger partial charge is 0.345 e. The Bertz CT molecular complexity index is 531. The summed E-state index contributed by atoms with van der Waals surface area (Å²) < 4.78 is 26.3. The Kier molecular flexibility index (Phi) is 4.04. The van der Waals surface area contributed by atoms with E-state index >= 15 is 0 Å². The molecule has 2 rings (SSSR count). The highest BCUT2D eigenvalue weighted by Crippen LogP contribution is 2.29. The van der Waals surface area contributed by atoms with Crippen LogP contribution in [0.15, 0.2) is 16.3 Å². The van der Waals surface area contributed by atoms with Crippen molar-refractivity contribution in [2.45, 2.75) is 29.9 Å². The van der Waals surface area contributed by atoms with Crippen molar-refractivity contribution in [1.29, 1.82) is 0 Å². The summed E-state index contributed by atoms with van der Waals surface area (Å²) in [7, 11) is -3.55. The quantitative estimate of drug-likeness (QED) is 0.838. The first-order valence-electron chi connectivity index (χ1n) is 5.82. The number of aromatic carboxylic acids is 1. The highest BCUT2D eigenvalue weighted by atomic mass is 32.2. The molecule has 18 heavy (non-hydrogen) atoms. The Hall–Kier alpha value is -0.920. The largest absolute Gasteiger partial charge is 0.477 e. The number of carboxylic acids is 1. The zero-order chi connectivity index (χ0) is 13.2. The maximum absolute atomic E-state index is 11.9. The van der Waals surface area contributed by atoms with Gasteiger partial charge < -0.3 is 5.11 Å². The second-order valence-electron chi connectivity index (χ2n) is 4.41. The first kappa shape index (κ1) is 13.5. The number of sulfonamides is 1. The van der Waals surface area contributed by atoms with Crippen LogP contribution in [-0.4, -0.2) is 26.0 Å². The van der Waals surface area contributed by atoms with Crippen LogP contribution in [0.3, 0.4) is 0 Å². The summed E-state index contributed by atoms with van der Waals surface area (Å²) in [5, 5.41) is 8.75. The first-order chi connectivity index (χ1) is 8.49. The van der Waals surface area contributed by atoms with Gasteiger partial charge in [-0.2, -0.15) is 0 Å². The van der Waals surface area contributed by atoms with E-state index in [9.17, 15) is 13.2 Å². The Morgan fingerprint density at radius 1 is 1.44 bits per heavy atom. The van der Waals surface area contributed by atoms with Crippen LogP contribution in [-0.2, 0) is 10.0 Å². The molecule has 1 aliphatic carbocycles. The van der Waals surface area contributed by atoms with Gasteiger partial charge in [-0.15, -0.1) is 11.3 Å². The van der Waals surface area contributed by atoms with E-state index in [1.807, 2.05) is 0 Å². The van der Waals surface area contributed by atoms with Gasteiger partial charge in [-0.3, -0.25) is 0 Å². The van der Waals surface area contributed by atoms with Crippen LogP contribution in [0.5, 0.6) is 0 Å². The van der Waals surface area contributed by atoms with Gasteiger partial charge in [-0.05, 0) is 24.5 Å². The Balaban J connectivity index is 1.93. The Morgan fingerprint density at radius 3 is 2.67 bits per heavy atom. The van der Waals surface area contributed by atoms with Crippen molar-refractivity contribution >= 4 is 27.3 Å². The number of hydrogen-bond acceptors (Lipinski definition) is 4. The zero-order valence-corrected chi connectivity index (χ0v) is 11.4. The van der Waals surface area contributed by atoms with Crippen molar-refractivity contribution < 1.29 is 18.3 Å². The summed E-state index contributed by atoms with van der Waals surface area (Å²) in [6.07, 6.45) is 4.47. The van der Waals surface area contributed by atoms with Crippen LogP contribution in [0.1, 0.15) is 35.4 Å². The third kappa shape index (κ3) is 3.09. The van der Waals surface area contributed by atoms with Crippen molar-refractivity contribution in [2.24, 2.45) is 5.92 Å². The second-order valence-corrected chi connectivity index (χ2v) is 7.48. The molecule has 0 spiro atoms. The van der Waals surface area contributed by atoms with Gasteiger partial charge in [0, 0.05) is 6.54 Å². The van der Waals surface area contributed by atoms with Gasteiger partial charge in [-0.1, -0.05) is 19.3 Å². The fourth-order valence-corrected chi connectivity index (χ4v) is 4.07. The number of hydrogen-bond donors (Lipinski definition) is 2. The SMILES string of the molecule is O=C(O)c1ccc(S(=O)(=O)NCCC2CCC2)s1. The van der Waals surface area contributed by atoms with Crippen molar-refractivity contribution in [1.82, 2.24) is 4.72 Å². The van der Waals surface area contributed by atoms with Crippen LogP contribution in [0.4, 0.5) is 0 Å². The first-order valence-corrected chi connectivity index (χ1v) is 8.12. The van der Waals surface area contributed by atoms with Crippen molar-refractivity contribution in [3.05, 3.63) is 17.0 Å². The molecule has 100 valence electrons. The Labute approximate surface area is 110 Å². The molecule has 1 heterocycles. The lowest BCUT2D eigenvalue weighted by atomic mass is 9.83. The number of thiophene rings is 1. The number of nitrogens with one attached hydrogen (secondary N) is 1. The molecule has 0 atom stereocenters. The van der Waals surface area contributed by atoms with Crippen molar-refractivity contribution in [3.63, 3.8) is 0 Å². The van der Waals surface area contributed by atoms with E-state index in [1.165, 1.54) is 31.4 Å². The average Bonchev–Trinajstić information content (AvgIpc) is 2.71. The minimum Gasteiger partial charge on any atom is -0.477 e. The minimum absolute atomic E-state index is 0.0365. The summed E-state index contributed by atoms with van der Waals surface area (Å²) in [4.78, 5) is 10.7. The summed E-state index contributed by atoms with van der Waals surface area (Å²) in [5.74, 6) is -0.457. The van der Waals surface area contributed by atoms with E-state index in [-0.39, 0.29) is 9.09 Å². The topological polar surface area (TPSA) is 83.5 Å². The lowest BCUT2D eigenvalue weighted by molar-refractivity contribution is 0.0702. The van der Waals surface area contributed by atoms with Gasteiger partial charge in [0.05, 0.1) is 0 Å². The number of rotatable bonds is 6. The Morgan fingerprint density at radius 2 is 2.17 bits per heavy atom. The normalized spacial score (nSPS) is 16.4. The van der Waals surface area contributed by atoms with Gasteiger partial charge in [0.25, 0.3) is 0 Å². The molecule has 0 aliphatic heterocycles. The highest BCUT2D eigenvalue weighted by molar-refractivity contribution is 7.91. The molecule has 0 aromatic carbocycles. The second kappa shape index (κ2) is 5.38. The monoisotopic (exact) mass is 289 g/mol. The van der Waals surface area contributed by atoms with Crippen LogP contribution in [0.2, 0.25) is 0 Å². The van der Waals surface area contributed by atoms with Crippen LogP contribution < -0.4 is 4.72 Å². The van der Waals surface area contributed by atoms with Gasteiger partial charge in [0.15, 0.2) is 0 Å². The number of carbonyl (C=O) groups is 1. The summed E-state index contributed by atoms with van der Waals surface area (Å²) >= 11 is 0.776. The van der Waals surface area contributed by atoms with E-state index < -0.39 is 16.0 Å². The molecule has 2 N–H and O–H groups in total.